The van der Waals surface area contributed by atoms with Crippen LogP contribution in [-0.4, -0.2) is 54.2 Å². The Balaban J connectivity index is 1.86. The fourth-order valence-electron chi connectivity index (χ4n) is 2.39. The van der Waals surface area contributed by atoms with Gasteiger partial charge in [0.15, 0.2) is 0 Å². The highest BCUT2D eigenvalue weighted by Gasteiger charge is 2.24. The van der Waals surface area contributed by atoms with Crippen LogP contribution in [0.2, 0.25) is 0 Å². The Morgan fingerprint density at radius 3 is 2.33 bits per heavy atom. The van der Waals surface area contributed by atoms with E-state index in [-0.39, 0.29) is 6.03 Å². The van der Waals surface area contributed by atoms with Crippen molar-refractivity contribution in [3.05, 3.63) is 30.3 Å². The first-order valence-electron chi connectivity index (χ1n) is 7.20. The maximum absolute atomic E-state index is 12.0. The van der Waals surface area contributed by atoms with Gasteiger partial charge in [-0.1, -0.05) is 25.1 Å². The van der Waals surface area contributed by atoms with E-state index < -0.39 is 12.0 Å². The van der Waals surface area contributed by atoms with Crippen molar-refractivity contribution in [2.45, 2.75) is 19.4 Å². The predicted octanol–water partition coefficient (Wildman–Crippen LogP) is 1.38. The quantitative estimate of drug-likeness (QED) is 0.879. The number of hydrogen-bond acceptors (Lipinski definition) is 3. The lowest BCUT2D eigenvalue weighted by Gasteiger charge is -2.36. The van der Waals surface area contributed by atoms with Gasteiger partial charge in [0.1, 0.15) is 6.04 Å². The van der Waals surface area contributed by atoms with Gasteiger partial charge in [-0.3, -0.25) is 0 Å². The highest BCUT2D eigenvalue weighted by Crippen LogP contribution is 2.15. The van der Waals surface area contributed by atoms with Crippen molar-refractivity contribution in [1.29, 1.82) is 0 Å². The topological polar surface area (TPSA) is 72.9 Å². The fraction of sp³-hybridized carbons (Fsp3) is 0.467. The Labute approximate surface area is 124 Å². The van der Waals surface area contributed by atoms with Crippen molar-refractivity contribution < 1.29 is 14.7 Å². The molecule has 6 nitrogen and oxygen atoms in total. The van der Waals surface area contributed by atoms with Gasteiger partial charge in [0.05, 0.1) is 0 Å². The number of nitrogens with zero attached hydrogens (tertiary/aromatic N) is 2. The molecule has 2 rings (SSSR count). The molecule has 0 spiro atoms. The molecule has 2 amide bonds. The van der Waals surface area contributed by atoms with Crippen LogP contribution >= 0.6 is 0 Å². The molecule has 0 aromatic heterocycles. The molecule has 1 aromatic carbocycles. The Bertz CT molecular complexity index is 484. The molecule has 2 N–H and O–H groups in total. The molecule has 0 radical (unpaired) electrons. The van der Waals surface area contributed by atoms with Crippen LogP contribution in [0.5, 0.6) is 0 Å². The monoisotopic (exact) mass is 291 g/mol. The molecule has 0 saturated carbocycles. The normalized spacial score (nSPS) is 16.4. The molecule has 1 heterocycles. The van der Waals surface area contributed by atoms with E-state index in [9.17, 15) is 9.59 Å². The SMILES string of the molecule is CC[C@@H](NC(=O)N1CCN(c2ccccc2)CC1)C(=O)O. The number of para-hydroxylation sites is 1. The van der Waals surface area contributed by atoms with E-state index >= 15 is 0 Å². The minimum atomic E-state index is -0.992. The van der Waals surface area contributed by atoms with Crippen molar-refractivity contribution in [3.8, 4) is 0 Å². The number of hydrogen-bond donors (Lipinski definition) is 2. The molecule has 1 aromatic rings. The van der Waals surface area contributed by atoms with Gasteiger partial charge in [-0.05, 0) is 18.6 Å². The van der Waals surface area contributed by atoms with Gasteiger partial charge in [0.2, 0.25) is 0 Å². The van der Waals surface area contributed by atoms with Crippen molar-refractivity contribution >= 4 is 17.7 Å². The smallest absolute Gasteiger partial charge is 0.326 e. The third-order valence-corrected chi connectivity index (χ3v) is 3.69. The summed E-state index contributed by atoms with van der Waals surface area (Å²) in [6.07, 6.45) is 0.380. The molecule has 0 aliphatic carbocycles. The summed E-state index contributed by atoms with van der Waals surface area (Å²) in [5.74, 6) is -0.992. The van der Waals surface area contributed by atoms with Crippen LogP contribution < -0.4 is 10.2 Å². The maximum atomic E-state index is 12.0. The molecule has 6 heteroatoms. The molecule has 1 atom stereocenters. The number of amides is 2. The molecule has 0 bridgehead atoms. The molecule has 1 saturated heterocycles. The summed E-state index contributed by atoms with van der Waals surface area (Å²) in [6.45, 7) is 4.43. The molecular formula is C15H21N3O3. The molecule has 21 heavy (non-hydrogen) atoms. The molecule has 1 aliphatic heterocycles. The van der Waals surface area contributed by atoms with Gasteiger partial charge in [-0.2, -0.15) is 0 Å². The zero-order chi connectivity index (χ0) is 15.2. The largest absolute Gasteiger partial charge is 0.480 e. The second kappa shape index (κ2) is 6.97. The van der Waals surface area contributed by atoms with Crippen LogP contribution in [0.25, 0.3) is 0 Å². The standard InChI is InChI=1S/C15H21N3O3/c1-2-13(14(19)20)16-15(21)18-10-8-17(9-11-18)12-6-4-3-5-7-12/h3-7,13H,2,8-11H2,1H3,(H,16,21)(H,19,20)/t13-/m1/s1. The minimum absolute atomic E-state index is 0.294. The number of carboxylic acid groups (broad SMARTS) is 1. The van der Waals surface area contributed by atoms with Gasteiger partial charge in [-0.15, -0.1) is 0 Å². The fourth-order valence-corrected chi connectivity index (χ4v) is 2.39. The summed E-state index contributed by atoms with van der Waals surface area (Å²) in [6, 6.07) is 8.95. The van der Waals surface area contributed by atoms with Crippen LogP contribution in [0.4, 0.5) is 10.5 Å². The van der Waals surface area contributed by atoms with Gasteiger partial charge in [0, 0.05) is 31.9 Å². The summed E-state index contributed by atoms with van der Waals surface area (Å²) >= 11 is 0. The lowest BCUT2D eigenvalue weighted by atomic mass is 10.2. The van der Waals surface area contributed by atoms with Gasteiger partial charge < -0.3 is 20.2 Å². The molecule has 1 fully saturated rings. The van der Waals surface area contributed by atoms with Crippen molar-refractivity contribution in [3.63, 3.8) is 0 Å². The summed E-state index contributed by atoms with van der Waals surface area (Å²) in [7, 11) is 0. The Hall–Kier alpha value is -2.24. The highest BCUT2D eigenvalue weighted by atomic mass is 16.4. The van der Waals surface area contributed by atoms with E-state index in [1.54, 1.807) is 11.8 Å². The Morgan fingerprint density at radius 1 is 1.19 bits per heavy atom. The van der Waals surface area contributed by atoms with E-state index in [0.717, 1.165) is 18.8 Å². The Morgan fingerprint density at radius 2 is 1.81 bits per heavy atom. The van der Waals surface area contributed by atoms with E-state index in [4.69, 9.17) is 5.11 Å². The molecule has 114 valence electrons. The molecule has 0 unspecified atom stereocenters. The number of urea groups is 1. The maximum Gasteiger partial charge on any atom is 0.326 e. The third-order valence-electron chi connectivity index (χ3n) is 3.69. The number of piperazine rings is 1. The van der Waals surface area contributed by atoms with Crippen LogP contribution in [0.3, 0.4) is 0 Å². The van der Waals surface area contributed by atoms with Gasteiger partial charge in [0.25, 0.3) is 0 Å². The number of carboxylic acids is 1. The third kappa shape index (κ3) is 3.87. The second-order valence-electron chi connectivity index (χ2n) is 5.06. The molecular weight excluding hydrogens is 270 g/mol. The zero-order valence-electron chi connectivity index (χ0n) is 12.2. The number of carbonyl (C=O) groups is 2. The average Bonchev–Trinajstić information content (AvgIpc) is 2.53. The van der Waals surface area contributed by atoms with E-state index in [2.05, 4.69) is 10.2 Å². The number of benzene rings is 1. The number of rotatable bonds is 4. The number of aliphatic carboxylic acids is 1. The van der Waals surface area contributed by atoms with Crippen molar-refractivity contribution in [2.24, 2.45) is 0 Å². The van der Waals surface area contributed by atoms with Crippen molar-refractivity contribution in [1.82, 2.24) is 10.2 Å². The first-order valence-corrected chi connectivity index (χ1v) is 7.20. The summed E-state index contributed by atoms with van der Waals surface area (Å²) < 4.78 is 0. The number of anilines is 1. The van der Waals surface area contributed by atoms with Crippen LogP contribution in [0.1, 0.15) is 13.3 Å². The minimum Gasteiger partial charge on any atom is -0.480 e. The first kappa shape index (κ1) is 15.2. The van der Waals surface area contributed by atoms with E-state index in [1.807, 2.05) is 30.3 Å². The second-order valence-corrected chi connectivity index (χ2v) is 5.06. The van der Waals surface area contributed by atoms with Crippen LogP contribution in [-0.2, 0) is 4.79 Å². The van der Waals surface area contributed by atoms with Gasteiger partial charge in [-0.25, -0.2) is 9.59 Å². The summed E-state index contributed by atoms with van der Waals surface area (Å²) in [5.41, 5.74) is 1.15. The van der Waals surface area contributed by atoms with Gasteiger partial charge >= 0.3 is 12.0 Å². The summed E-state index contributed by atoms with van der Waals surface area (Å²) in [5, 5.41) is 11.5. The van der Waals surface area contributed by atoms with E-state index in [0.29, 0.717) is 19.5 Å². The number of carbonyl (C=O) groups excluding carboxylic acids is 1. The summed E-state index contributed by atoms with van der Waals surface area (Å²) in [4.78, 5) is 26.9. The molecule has 1 aliphatic rings. The first-order chi connectivity index (χ1) is 10.1. The lowest BCUT2D eigenvalue weighted by molar-refractivity contribution is -0.139. The van der Waals surface area contributed by atoms with E-state index in [1.165, 1.54) is 0 Å². The average molecular weight is 291 g/mol. The lowest BCUT2D eigenvalue weighted by Crippen LogP contribution is -2.54. The predicted molar refractivity (Wildman–Crippen MR) is 80.5 cm³/mol. The van der Waals surface area contributed by atoms with Crippen LogP contribution in [0, 0.1) is 0 Å². The van der Waals surface area contributed by atoms with Crippen LogP contribution in [0.15, 0.2) is 30.3 Å². The zero-order valence-corrected chi connectivity index (χ0v) is 12.2. The Kier molecular flexibility index (Phi) is 5.03. The van der Waals surface area contributed by atoms with Crippen molar-refractivity contribution in [2.75, 3.05) is 31.1 Å². The number of nitrogens with one attached hydrogen (secondary N) is 1. The highest BCUT2D eigenvalue weighted by molar-refractivity contribution is 5.82.